The molecule has 19 heavy (non-hydrogen) atoms. The van der Waals surface area contributed by atoms with Crippen LogP contribution < -0.4 is 11.3 Å². The van der Waals surface area contributed by atoms with Gasteiger partial charge in [0.25, 0.3) is 5.56 Å². The molecule has 0 radical (unpaired) electrons. The fraction of sp³-hybridized carbons (Fsp3) is 0.0909. The predicted molar refractivity (Wildman–Crippen MR) is 75.5 cm³/mol. The quantitative estimate of drug-likeness (QED) is 0.552. The van der Waals surface area contributed by atoms with E-state index in [4.69, 9.17) is 5.73 Å². The Kier molecular flexibility index (Phi) is 2.96. The van der Waals surface area contributed by atoms with Gasteiger partial charge in [-0.2, -0.15) is 0 Å². The summed E-state index contributed by atoms with van der Waals surface area (Å²) in [5.74, 6) is 0.218. The van der Waals surface area contributed by atoms with Gasteiger partial charge in [0.1, 0.15) is 9.86 Å². The topological polar surface area (TPSA) is 97.5 Å². The monoisotopic (exact) mass is 291 g/mol. The first-order chi connectivity index (χ1) is 9.11. The Balaban J connectivity index is 2.11. The summed E-state index contributed by atoms with van der Waals surface area (Å²) in [6.45, 7) is 2.00. The number of aromatic amines is 1. The molecule has 3 N–H and O–H groups in total. The largest absolute Gasteiger partial charge is 0.368 e. The molecule has 3 aromatic rings. The van der Waals surface area contributed by atoms with Crippen molar-refractivity contribution in [3.05, 3.63) is 33.6 Å². The standard InChI is InChI=1S/C11H9N5OS2/c1-5-4-6-8(18-5)15-10(12)16-9(6)19-11-13-3-2-7(17)14-11/h2-4H,1H3,(H2,12,15,16)(H,13,14,17). The molecular formula is C11H9N5OS2. The Hall–Kier alpha value is -1.93. The van der Waals surface area contributed by atoms with Crippen molar-refractivity contribution in [2.24, 2.45) is 0 Å². The van der Waals surface area contributed by atoms with E-state index in [9.17, 15) is 4.79 Å². The van der Waals surface area contributed by atoms with Crippen LogP contribution in [0.4, 0.5) is 5.95 Å². The van der Waals surface area contributed by atoms with Gasteiger partial charge in [-0.1, -0.05) is 0 Å². The van der Waals surface area contributed by atoms with Crippen LogP contribution in [0.15, 0.2) is 33.3 Å². The van der Waals surface area contributed by atoms with E-state index in [1.54, 1.807) is 11.3 Å². The van der Waals surface area contributed by atoms with Crippen molar-refractivity contribution in [1.82, 2.24) is 19.9 Å². The molecule has 3 rings (SSSR count). The highest BCUT2D eigenvalue weighted by molar-refractivity contribution is 7.99. The number of nitrogens with one attached hydrogen (secondary N) is 1. The number of rotatable bonds is 2. The molecule has 3 heterocycles. The van der Waals surface area contributed by atoms with Crippen LogP contribution in [0.25, 0.3) is 10.2 Å². The molecule has 0 aromatic carbocycles. The van der Waals surface area contributed by atoms with Crippen molar-refractivity contribution < 1.29 is 0 Å². The van der Waals surface area contributed by atoms with Crippen molar-refractivity contribution in [3.63, 3.8) is 0 Å². The van der Waals surface area contributed by atoms with Crippen molar-refractivity contribution >= 4 is 39.3 Å². The van der Waals surface area contributed by atoms with Gasteiger partial charge in [0.05, 0.1) is 0 Å². The molecule has 0 bridgehead atoms. The molecule has 0 spiro atoms. The minimum atomic E-state index is -0.197. The maximum atomic E-state index is 11.3. The fourth-order valence-corrected chi connectivity index (χ4v) is 3.41. The number of hydrogen-bond donors (Lipinski definition) is 2. The number of nitrogens with zero attached hydrogens (tertiary/aromatic N) is 3. The number of nitrogens with two attached hydrogens (primary N) is 1. The van der Waals surface area contributed by atoms with Gasteiger partial charge in [-0.25, -0.2) is 15.0 Å². The number of aromatic nitrogens is 4. The normalized spacial score (nSPS) is 11.0. The summed E-state index contributed by atoms with van der Waals surface area (Å²) in [4.78, 5) is 28.4. The van der Waals surface area contributed by atoms with E-state index < -0.39 is 0 Å². The summed E-state index contributed by atoms with van der Waals surface area (Å²) in [5, 5.41) is 2.10. The number of fused-ring (bicyclic) bond motifs is 1. The number of hydrogen-bond acceptors (Lipinski definition) is 7. The number of nitrogen functional groups attached to an aromatic ring is 1. The van der Waals surface area contributed by atoms with Gasteiger partial charge in [-0.3, -0.25) is 4.79 Å². The zero-order chi connectivity index (χ0) is 13.4. The molecule has 0 saturated carbocycles. The molecule has 0 aliphatic rings. The first kappa shape index (κ1) is 12.1. The number of thiophene rings is 1. The Morgan fingerprint density at radius 3 is 3.05 bits per heavy atom. The average Bonchev–Trinajstić information content (AvgIpc) is 2.69. The predicted octanol–water partition coefficient (Wildman–Crippen LogP) is 1.82. The van der Waals surface area contributed by atoms with Crippen LogP contribution in [0.3, 0.4) is 0 Å². The van der Waals surface area contributed by atoms with E-state index in [-0.39, 0.29) is 11.5 Å². The SMILES string of the molecule is Cc1cc2c(Sc3nccc(=O)[nH]3)nc(N)nc2s1. The van der Waals surface area contributed by atoms with E-state index in [1.165, 1.54) is 24.0 Å². The molecule has 8 heteroatoms. The number of aryl methyl sites for hydroxylation is 1. The minimum Gasteiger partial charge on any atom is -0.368 e. The molecule has 0 aliphatic carbocycles. The smallest absolute Gasteiger partial charge is 0.251 e. The maximum absolute atomic E-state index is 11.3. The third-order valence-electron chi connectivity index (χ3n) is 2.34. The lowest BCUT2D eigenvalue weighted by atomic mass is 10.4. The molecule has 0 amide bonds. The van der Waals surface area contributed by atoms with Crippen LogP contribution >= 0.6 is 23.1 Å². The summed E-state index contributed by atoms with van der Waals surface area (Å²) in [5.41, 5.74) is 5.50. The van der Waals surface area contributed by atoms with Gasteiger partial charge in [0.15, 0.2) is 5.16 Å². The second-order valence-corrected chi connectivity index (χ2v) is 6.02. The van der Waals surface area contributed by atoms with Gasteiger partial charge in [-0.05, 0) is 24.8 Å². The molecule has 3 aromatic heterocycles. The third kappa shape index (κ3) is 2.45. The van der Waals surface area contributed by atoms with E-state index in [0.717, 1.165) is 15.1 Å². The Labute approximate surface area is 116 Å². The Bertz CT molecular complexity index is 810. The Morgan fingerprint density at radius 2 is 2.26 bits per heavy atom. The van der Waals surface area contributed by atoms with Crippen LogP contribution in [0, 0.1) is 6.92 Å². The molecule has 6 nitrogen and oxygen atoms in total. The van der Waals surface area contributed by atoms with Crippen LogP contribution in [0.2, 0.25) is 0 Å². The third-order valence-corrected chi connectivity index (χ3v) is 4.19. The van der Waals surface area contributed by atoms with Gasteiger partial charge >= 0.3 is 0 Å². The van der Waals surface area contributed by atoms with Crippen molar-refractivity contribution in [1.29, 1.82) is 0 Å². The molecule has 0 fully saturated rings. The van der Waals surface area contributed by atoms with E-state index >= 15 is 0 Å². The summed E-state index contributed by atoms with van der Waals surface area (Å²) in [7, 11) is 0. The van der Waals surface area contributed by atoms with Gasteiger partial charge < -0.3 is 10.7 Å². The molecule has 0 atom stereocenters. The highest BCUT2D eigenvalue weighted by Gasteiger charge is 2.11. The van der Waals surface area contributed by atoms with Gasteiger partial charge in [0, 0.05) is 22.5 Å². The lowest BCUT2D eigenvalue weighted by Crippen LogP contribution is -2.05. The first-order valence-electron chi connectivity index (χ1n) is 5.38. The van der Waals surface area contributed by atoms with Gasteiger partial charge in [0.2, 0.25) is 5.95 Å². The second-order valence-electron chi connectivity index (χ2n) is 3.80. The van der Waals surface area contributed by atoms with Crippen LogP contribution in [0.5, 0.6) is 0 Å². The highest BCUT2D eigenvalue weighted by atomic mass is 32.2. The molecule has 96 valence electrons. The molecule has 0 aliphatic heterocycles. The molecule has 0 saturated heterocycles. The van der Waals surface area contributed by atoms with Gasteiger partial charge in [-0.15, -0.1) is 11.3 Å². The zero-order valence-corrected chi connectivity index (χ0v) is 11.5. The summed E-state index contributed by atoms with van der Waals surface area (Å²) >= 11 is 2.83. The highest BCUT2D eigenvalue weighted by Crippen LogP contribution is 2.33. The van der Waals surface area contributed by atoms with Crippen molar-refractivity contribution in [2.75, 3.05) is 5.73 Å². The first-order valence-corrected chi connectivity index (χ1v) is 7.02. The molecular weight excluding hydrogens is 282 g/mol. The van der Waals surface area contributed by atoms with Crippen LogP contribution in [-0.2, 0) is 0 Å². The van der Waals surface area contributed by atoms with Crippen molar-refractivity contribution in [3.8, 4) is 0 Å². The minimum absolute atomic E-state index is 0.197. The number of H-pyrrole nitrogens is 1. The van der Waals surface area contributed by atoms with Crippen LogP contribution in [0.1, 0.15) is 4.88 Å². The lowest BCUT2D eigenvalue weighted by Gasteiger charge is -2.02. The second kappa shape index (κ2) is 4.63. The lowest BCUT2D eigenvalue weighted by molar-refractivity contribution is 0.933. The van der Waals surface area contributed by atoms with E-state index in [1.807, 2.05) is 13.0 Å². The average molecular weight is 291 g/mol. The van der Waals surface area contributed by atoms with Crippen molar-refractivity contribution in [2.45, 2.75) is 17.1 Å². The Morgan fingerprint density at radius 1 is 1.42 bits per heavy atom. The fourth-order valence-electron chi connectivity index (χ4n) is 1.60. The van der Waals surface area contributed by atoms with E-state index in [0.29, 0.717) is 10.2 Å². The van der Waals surface area contributed by atoms with Crippen LogP contribution in [-0.4, -0.2) is 19.9 Å². The zero-order valence-electron chi connectivity index (χ0n) is 9.88. The molecule has 0 unspecified atom stereocenters. The number of anilines is 1. The summed E-state index contributed by atoms with van der Waals surface area (Å²) in [6, 6.07) is 3.37. The maximum Gasteiger partial charge on any atom is 0.251 e. The van der Waals surface area contributed by atoms with E-state index in [2.05, 4.69) is 19.9 Å². The summed E-state index contributed by atoms with van der Waals surface area (Å²) < 4.78 is 0. The summed E-state index contributed by atoms with van der Waals surface area (Å²) in [6.07, 6.45) is 1.46.